The first-order chi connectivity index (χ1) is 10.9. The number of carbonyl (C=O) groups excluding carboxylic acids is 1. The van der Waals surface area contributed by atoms with Crippen molar-refractivity contribution in [2.75, 3.05) is 5.32 Å². The standard InChI is InChI=1S/C15H16N2O3S3/c1-10-7-15(18)17-13-8-12(4-5-14(13)22-10)23(19,20)16-9-11-3-2-6-21-11/h2-6,8,10,16H,7,9H2,1H3,(H,17,18)/t10-/m1/s1. The van der Waals surface area contributed by atoms with Crippen molar-refractivity contribution < 1.29 is 13.2 Å². The smallest absolute Gasteiger partial charge is 0.240 e. The third-order valence-electron chi connectivity index (χ3n) is 3.35. The van der Waals surface area contributed by atoms with E-state index in [1.54, 1.807) is 23.9 Å². The molecule has 1 aromatic heterocycles. The van der Waals surface area contributed by atoms with E-state index in [-0.39, 0.29) is 22.6 Å². The highest BCUT2D eigenvalue weighted by Crippen LogP contribution is 2.36. The Labute approximate surface area is 143 Å². The molecule has 1 aliphatic rings. The van der Waals surface area contributed by atoms with Crippen LogP contribution in [0.1, 0.15) is 18.2 Å². The van der Waals surface area contributed by atoms with E-state index < -0.39 is 10.0 Å². The van der Waals surface area contributed by atoms with Gasteiger partial charge in [0.05, 0.1) is 10.6 Å². The van der Waals surface area contributed by atoms with Crippen LogP contribution in [0, 0.1) is 0 Å². The average molecular weight is 369 g/mol. The topological polar surface area (TPSA) is 75.3 Å². The SMILES string of the molecule is C[C@@H]1CC(=O)Nc2cc(S(=O)(=O)NCc3cccs3)ccc2S1. The number of nitrogens with one attached hydrogen (secondary N) is 2. The van der Waals surface area contributed by atoms with E-state index >= 15 is 0 Å². The van der Waals surface area contributed by atoms with E-state index in [0.717, 1.165) is 9.77 Å². The van der Waals surface area contributed by atoms with Crippen molar-refractivity contribution in [3.63, 3.8) is 0 Å². The maximum atomic E-state index is 12.4. The van der Waals surface area contributed by atoms with Crippen LogP contribution in [0.3, 0.4) is 0 Å². The Morgan fingerprint density at radius 3 is 2.91 bits per heavy atom. The molecule has 0 aliphatic carbocycles. The first kappa shape index (κ1) is 16.5. The summed E-state index contributed by atoms with van der Waals surface area (Å²) < 4.78 is 27.4. The molecular weight excluding hydrogens is 352 g/mol. The van der Waals surface area contributed by atoms with Gasteiger partial charge in [-0.05, 0) is 29.6 Å². The number of rotatable bonds is 4. The van der Waals surface area contributed by atoms with Crippen LogP contribution < -0.4 is 10.0 Å². The van der Waals surface area contributed by atoms with Gasteiger partial charge >= 0.3 is 0 Å². The Morgan fingerprint density at radius 1 is 1.35 bits per heavy atom. The van der Waals surface area contributed by atoms with Crippen molar-refractivity contribution in [3.05, 3.63) is 40.6 Å². The molecule has 1 aromatic carbocycles. The van der Waals surface area contributed by atoms with E-state index in [2.05, 4.69) is 10.0 Å². The molecule has 1 amide bonds. The lowest BCUT2D eigenvalue weighted by atomic mass is 10.3. The molecule has 0 saturated carbocycles. The molecule has 0 radical (unpaired) electrons. The molecule has 0 spiro atoms. The molecule has 1 atom stereocenters. The molecule has 2 aromatic rings. The highest BCUT2D eigenvalue weighted by molar-refractivity contribution is 8.00. The van der Waals surface area contributed by atoms with Crippen LogP contribution in [0.5, 0.6) is 0 Å². The minimum atomic E-state index is -3.62. The number of amides is 1. The van der Waals surface area contributed by atoms with Gasteiger partial charge < -0.3 is 5.32 Å². The Hall–Kier alpha value is -1.35. The fraction of sp³-hybridized carbons (Fsp3) is 0.267. The minimum Gasteiger partial charge on any atom is -0.325 e. The fourth-order valence-corrected chi connectivity index (χ4v) is 5.08. The molecule has 0 bridgehead atoms. The normalized spacial score (nSPS) is 18.1. The Balaban J connectivity index is 1.84. The Morgan fingerprint density at radius 2 is 2.17 bits per heavy atom. The van der Waals surface area contributed by atoms with E-state index in [1.807, 2.05) is 24.4 Å². The van der Waals surface area contributed by atoms with Gasteiger partial charge in [-0.25, -0.2) is 13.1 Å². The zero-order chi connectivity index (χ0) is 16.4. The summed E-state index contributed by atoms with van der Waals surface area (Å²) in [6.07, 6.45) is 0.415. The van der Waals surface area contributed by atoms with Crippen LogP contribution in [-0.2, 0) is 21.4 Å². The average Bonchev–Trinajstić information content (AvgIpc) is 2.95. The maximum absolute atomic E-state index is 12.4. The maximum Gasteiger partial charge on any atom is 0.240 e. The molecule has 23 heavy (non-hydrogen) atoms. The highest BCUT2D eigenvalue weighted by atomic mass is 32.2. The largest absolute Gasteiger partial charge is 0.325 e. The predicted octanol–water partition coefficient (Wildman–Crippen LogP) is 3.05. The Bertz CT molecular complexity index is 816. The van der Waals surface area contributed by atoms with Crippen LogP contribution in [-0.4, -0.2) is 19.6 Å². The van der Waals surface area contributed by atoms with Gasteiger partial charge in [0.1, 0.15) is 0 Å². The minimum absolute atomic E-state index is 0.0927. The van der Waals surface area contributed by atoms with E-state index in [4.69, 9.17) is 0 Å². The van der Waals surface area contributed by atoms with Crippen molar-refractivity contribution in [3.8, 4) is 0 Å². The molecule has 1 aliphatic heterocycles. The molecule has 3 rings (SSSR count). The summed E-state index contributed by atoms with van der Waals surface area (Å²) >= 11 is 3.07. The highest BCUT2D eigenvalue weighted by Gasteiger charge is 2.22. The quantitative estimate of drug-likeness (QED) is 0.870. The lowest BCUT2D eigenvalue weighted by Crippen LogP contribution is -2.23. The fourth-order valence-electron chi connectivity index (χ4n) is 2.26. The van der Waals surface area contributed by atoms with Gasteiger partial charge in [-0.2, -0.15) is 0 Å². The number of hydrogen-bond donors (Lipinski definition) is 2. The van der Waals surface area contributed by atoms with Gasteiger partial charge in [0.15, 0.2) is 0 Å². The van der Waals surface area contributed by atoms with E-state index in [9.17, 15) is 13.2 Å². The third kappa shape index (κ3) is 3.95. The number of anilines is 1. The number of carbonyl (C=O) groups is 1. The van der Waals surface area contributed by atoms with Crippen molar-refractivity contribution in [1.82, 2.24) is 4.72 Å². The number of hydrogen-bond acceptors (Lipinski definition) is 5. The van der Waals surface area contributed by atoms with Crippen LogP contribution in [0.15, 0.2) is 45.5 Å². The molecule has 2 heterocycles. The van der Waals surface area contributed by atoms with Gasteiger partial charge in [0.2, 0.25) is 15.9 Å². The van der Waals surface area contributed by atoms with Crippen LogP contribution >= 0.6 is 23.1 Å². The van der Waals surface area contributed by atoms with Gasteiger partial charge in [-0.3, -0.25) is 4.79 Å². The summed E-state index contributed by atoms with van der Waals surface area (Å²) in [5.41, 5.74) is 0.559. The molecule has 0 saturated heterocycles. The monoisotopic (exact) mass is 368 g/mol. The van der Waals surface area contributed by atoms with Gasteiger partial charge in [-0.1, -0.05) is 13.0 Å². The summed E-state index contributed by atoms with van der Waals surface area (Å²) in [6.45, 7) is 2.24. The third-order valence-corrected chi connectivity index (χ3v) is 6.81. The van der Waals surface area contributed by atoms with Crippen molar-refractivity contribution in [1.29, 1.82) is 0 Å². The summed E-state index contributed by atoms with van der Waals surface area (Å²) in [5.74, 6) is -0.0927. The number of sulfonamides is 1. The summed E-state index contributed by atoms with van der Waals surface area (Å²) in [5, 5.41) is 4.85. The zero-order valence-corrected chi connectivity index (χ0v) is 14.9. The van der Waals surface area contributed by atoms with Gasteiger partial charge in [0, 0.05) is 28.0 Å². The van der Waals surface area contributed by atoms with Gasteiger partial charge in [-0.15, -0.1) is 23.1 Å². The molecular formula is C15H16N2O3S3. The Kier molecular flexibility index (Phi) is 4.77. The summed E-state index contributed by atoms with van der Waals surface area (Å²) in [7, 11) is -3.62. The van der Waals surface area contributed by atoms with Gasteiger partial charge in [0.25, 0.3) is 0 Å². The van der Waals surface area contributed by atoms with Crippen molar-refractivity contribution in [2.24, 2.45) is 0 Å². The number of fused-ring (bicyclic) bond motifs is 1. The van der Waals surface area contributed by atoms with E-state index in [1.165, 1.54) is 17.4 Å². The molecule has 0 fully saturated rings. The lowest BCUT2D eigenvalue weighted by molar-refractivity contribution is -0.116. The second kappa shape index (κ2) is 6.64. The molecule has 5 nitrogen and oxygen atoms in total. The van der Waals surface area contributed by atoms with Crippen LogP contribution in [0.25, 0.3) is 0 Å². The molecule has 122 valence electrons. The number of benzene rings is 1. The zero-order valence-electron chi connectivity index (χ0n) is 12.4. The van der Waals surface area contributed by atoms with Crippen molar-refractivity contribution >= 4 is 44.7 Å². The molecule has 2 N–H and O–H groups in total. The number of thiophene rings is 1. The molecule has 0 unspecified atom stereocenters. The van der Waals surface area contributed by atoms with Crippen molar-refractivity contribution in [2.45, 2.75) is 34.9 Å². The lowest BCUT2D eigenvalue weighted by Gasteiger charge is -2.11. The second-order valence-electron chi connectivity index (χ2n) is 5.24. The summed E-state index contributed by atoms with van der Waals surface area (Å²) in [4.78, 5) is 13.8. The second-order valence-corrected chi connectivity index (χ2v) is 9.52. The van der Waals surface area contributed by atoms with Crippen LogP contribution in [0.2, 0.25) is 0 Å². The molecule has 8 heteroatoms. The van der Waals surface area contributed by atoms with E-state index in [0.29, 0.717) is 12.1 Å². The first-order valence-corrected chi connectivity index (χ1v) is 10.3. The van der Waals surface area contributed by atoms with Crippen LogP contribution in [0.4, 0.5) is 5.69 Å². The summed E-state index contributed by atoms with van der Waals surface area (Å²) in [6, 6.07) is 8.61. The number of thioether (sulfide) groups is 1. The first-order valence-electron chi connectivity index (χ1n) is 7.06. The predicted molar refractivity (Wildman–Crippen MR) is 93.4 cm³/mol.